The number of hydrogen-bond acceptors (Lipinski definition) is 6. The van der Waals surface area contributed by atoms with Crippen molar-refractivity contribution in [2.24, 2.45) is 0 Å². The van der Waals surface area contributed by atoms with E-state index < -0.39 is 0 Å². The molecule has 0 saturated carbocycles. The van der Waals surface area contributed by atoms with Crippen molar-refractivity contribution in [2.75, 3.05) is 11.1 Å². The fourth-order valence-corrected chi connectivity index (χ4v) is 3.12. The number of carbonyl (C=O) groups excluding carboxylic acids is 1. The number of pyridine rings is 2. The summed E-state index contributed by atoms with van der Waals surface area (Å²) in [4.78, 5) is 28.1. The number of nitrogen functional groups attached to an aromatic ring is 1. The van der Waals surface area contributed by atoms with Gasteiger partial charge in [0.2, 0.25) is 5.95 Å². The summed E-state index contributed by atoms with van der Waals surface area (Å²) in [5.74, 6) is -0.0447. The van der Waals surface area contributed by atoms with E-state index in [4.69, 9.17) is 5.73 Å². The molecule has 5 aromatic heterocycles. The SMILES string of the molecule is Nc1ncc2c(-c3ccn4ncc(C(=O)Nc5cccnc5)c4c3)c[nH]c2n1. The number of nitrogens with zero attached hydrogens (tertiary/aromatic N) is 5. The van der Waals surface area contributed by atoms with Gasteiger partial charge in [-0.1, -0.05) is 0 Å². The molecular weight excluding hydrogens is 356 g/mol. The average molecular weight is 370 g/mol. The number of nitrogens with two attached hydrogens (primary N) is 1. The van der Waals surface area contributed by atoms with Crippen LogP contribution >= 0.6 is 0 Å². The maximum absolute atomic E-state index is 12.7. The Balaban J connectivity index is 1.57. The topological polar surface area (TPSA) is 127 Å². The molecule has 9 nitrogen and oxygen atoms in total. The maximum Gasteiger partial charge on any atom is 0.259 e. The lowest BCUT2D eigenvalue weighted by molar-refractivity contribution is 0.102. The van der Waals surface area contributed by atoms with Crippen molar-refractivity contribution in [3.8, 4) is 11.1 Å². The molecule has 5 aromatic rings. The molecule has 0 unspecified atom stereocenters. The summed E-state index contributed by atoms with van der Waals surface area (Å²) in [5, 5.41) is 7.95. The van der Waals surface area contributed by atoms with Crippen LogP contribution in [-0.2, 0) is 0 Å². The van der Waals surface area contributed by atoms with Gasteiger partial charge in [-0.25, -0.2) is 9.50 Å². The number of fused-ring (bicyclic) bond motifs is 2. The Kier molecular flexibility index (Phi) is 3.51. The number of H-pyrrole nitrogens is 1. The van der Waals surface area contributed by atoms with Crippen LogP contribution in [0.25, 0.3) is 27.7 Å². The van der Waals surface area contributed by atoms with Crippen molar-refractivity contribution < 1.29 is 4.79 Å². The highest BCUT2D eigenvalue weighted by molar-refractivity contribution is 6.09. The first kappa shape index (κ1) is 15.9. The van der Waals surface area contributed by atoms with Crippen LogP contribution in [0.15, 0.2) is 61.4 Å². The number of rotatable bonds is 3. The highest BCUT2D eigenvalue weighted by atomic mass is 16.1. The zero-order valence-electron chi connectivity index (χ0n) is 14.5. The smallest absolute Gasteiger partial charge is 0.259 e. The van der Waals surface area contributed by atoms with Gasteiger partial charge in [0, 0.05) is 35.7 Å². The Labute approximate surface area is 158 Å². The first-order chi connectivity index (χ1) is 13.7. The number of anilines is 2. The monoisotopic (exact) mass is 370 g/mol. The van der Waals surface area contributed by atoms with E-state index in [1.54, 1.807) is 41.4 Å². The third kappa shape index (κ3) is 2.62. The van der Waals surface area contributed by atoms with E-state index in [1.807, 2.05) is 24.5 Å². The predicted molar refractivity (Wildman–Crippen MR) is 105 cm³/mol. The van der Waals surface area contributed by atoms with Crippen molar-refractivity contribution >= 4 is 34.1 Å². The lowest BCUT2D eigenvalue weighted by Crippen LogP contribution is -2.11. The van der Waals surface area contributed by atoms with Gasteiger partial charge in [0.15, 0.2) is 0 Å². The first-order valence-corrected chi connectivity index (χ1v) is 8.48. The van der Waals surface area contributed by atoms with Gasteiger partial charge < -0.3 is 16.0 Å². The van der Waals surface area contributed by atoms with Crippen LogP contribution < -0.4 is 11.1 Å². The average Bonchev–Trinajstić information content (AvgIpc) is 3.31. The first-order valence-electron chi connectivity index (χ1n) is 8.48. The molecule has 0 atom stereocenters. The van der Waals surface area contributed by atoms with Crippen LogP contribution in [0.5, 0.6) is 0 Å². The van der Waals surface area contributed by atoms with Gasteiger partial charge in [0.05, 0.1) is 29.2 Å². The van der Waals surface area contributed by atoms with Gasteiger partial charge in [-0.15, -0.1) is 0 Å². The lowest BCUT2D eigenvalue weighted by Gasteiger charge is -2.05. The number of carbonyl (C=O) groups is 1. The van der Waals surface area contributed by atoms with Gasteiger partial charge in [-0.2, -0.15) is 10.1 Å². The summed E-state index contributed by atoms with van der Waals surface area (Å²) in [6, 6.07) is 7.36. The molecule has 0 aliphatic heterocycles. The normalized spacial score (nSPS) is 11.1. The fourth-order valence-electron chi connectivity index (χ4n) is 3.12. The molecule has 0 aromatic carbocycles. The summed E-state index contributed by atoms with van der Waals surface area (Å²) in [7, 11) is 0. The van der Waals surface area contributed by atoms with Crippen LogP contribution in [0.2, 0.25) is 0 Å². The molecule has 9 heteroatoms. The number of aromatic nitrogens is 6. The minimum absolute atomic E-state index is 0.210. The van der Waals surface area contributed by atoms with Crippen LogP contribution in [0.3, 0.4) is 0 Å². The Hall–Kier alpha value is -4.27. The number of aromatic amines is 1. The minimum atomic E-state index is -0.254. The van der Waals surface area contributed by atoms with Gasteiger partial charge in [0.25, 0.3) is 5.91 Å². The second-order valence-corrected chi connectivity index (χ2v) is 6.19. The number of amides is 1. The van der Waals surface area contributed by atoms with Gasteiger partial charge in [0.1, 0.15) is 5.65 Å². The van der Waals surface area contributed by atoms with E-state index in [0.29, 0.717) is 22.4 Å². The molecule has 28 heavy (non-hydrogen) atoms. The van der Waals surface area contributed by atoms with Crippen molar-refractivity contribution in [3.05, 3.63) is 67.0 Å². The van der Waals surface area contributed by atoms with Crippen molar-refractivity contribution in [1.29, 1.82) is 0 Å². The molecular formula is C19H14N8O. The molecule has 0 aliphatic rings. The molecule has 136 valence electrons. The molecule has 0 bridgehead atoms. The van der Waals surface area contributed by atoms with Gasteiger partial charge in [-0.05, 0) is 29.8 Å². The van der Waals surface area contributed by atoms with E-state index in [-0.39, 0.29) is 11.9 Å². The summed E-state index contributed by atoms with van der Waals surface area (Å²) < 4.78 is 1.66. The zero-order chi connectivity index (χ0) is 19.1. The molecule has 5 rings (SSSR count). The quantitative estimate of drug-likeness (QED) is 0.448. The predicted octanol–water partition coefficient (Wildman–Crippen LogP) is 2.50. The van der Waals surface area contributed by atoms with Crippen molar-refractivity contribution in [2.45, 2.75) is 0 Å². The minimum Gasteiger partial charge on any atom is -0.368 e. The number of hydrogen-bond donors (Lipinski definition) is 3. The van der Waals surface area contributed by atoms with Crippen LogP contribution in [0.1, 0.15) is 10.4 Å². The second kappa shape index (κ2) is 6.16. The van der Waals surface area contributed by atoms with Gasteiger partial charge in [-0.3, -0.25) is 9.78 Å². The maximum atomic E-state index is 12.7. The summed E-state index contributed by atoms with van der Waals surface area (Å²) in [6.45, 7) is 0. The number of nitrogens with one attached hydrogen (secondary N) is 2. The zero-order valence-corrected chi connectivity index (χ0v) is 14.5. The molecule has 0 spiro atoms. The van der Waals surface area contributed by atoms with Crippen molar-refractivity contribution in [3.63, 3.8) is 0 Å². The molecule has 4 N–H and O–H groups in total. The van der Waals surface area contributed by atoms with Gasteiger partial charge >= 0.3 is 0 Å². The van der Waals surface area contributed by atoms with Crippen LogP contribution in [0, 0.1) is 0 Å². The Morgan fingerprint density at radius 1 is 1.21 bits per heavy atom. The van der Waals surface area contributed by atoms with Crippen molar-refractivity contribution in [1.82, 2.24) is 29.5 Å². The highest BCUT2D eigenvalue weighted by Crippen LogP contribution is 2.29. The lowest BCUT2D eigenvalue weighted by atomic mass is 10.1. The Morgan fingerprint density at radius 2 is 2.14 bits per heavy atom. The Bertz CT molecular complexity index is 1320. The molecule has 1 amide bonds. The summed E-state index contributed by atoms with van der Waals surface area (Å²) in [6.07, 6.45) is 10.1. The molecule has 0 aliphatic carbocycles. The second-order valence-electron chi connectivity index (χ2n) is 6.19. The molecule has 5 heterocycles. The van der Waals surface area contributed by atoms with Crippen LogP contribution in [-0.4, -0.2) is 35.5 Å². The molecule has 0 radical (unpaired) electrons. The van der Waals surface area contributed by atoms with E-state index in [0.717, 1.165) is 16.5 Å². The van der Waals surface area contributed by atoms with Crippen LogP contribution in [0.4, 0.5) is 11.6 Å². The third-order valence-electron chi connectivity index (χ3n) is 4.45. The van der Waals surface area contributed by atoms with E-state index in [2.05, 4.69) is 30.4 Å². The third-order valence-corrected chi connectivity index (χ3v) is 4.45. The Morgan fingerprint density at radius 3 is 3.00 bits per heavy atom. The highest BCUT2D eigenvalue weighted by Gasteiger charge is 2.15. The largest absolute Gasteiger partial charge is 0.368 e. The fraction of sp³-hybridized carbons (Fsp3) is 0. The van der Waals surface area contributed by atoms with E-state index in [9.17, 15) is 4.79 Å². The molecule has 0 fully saturated rings. The summed E-state index contributed by atoms with van der Waals surface area (Å²) in [5.41, 5.74) is 9.89. The van der Waals surface area contributed by atoms with E-state index in [1.165, 1.54) is 0 Å². The molecule has 0 saturated heterocycles. The standard InChI is InChI=1S/C19H14N8O/c20-19-23-9-14-13(8-22-17(14)26-19)11-3-5-27-16(6-11)15(10-24-27)18(28)25-12-2-1-4-21-7-12/h1-10H,(H,25,28)(H3,20,22,23,26). The summed E-state index contributed by atoms with van der Waals surface area (Å²) >= 11 is 0. The van der Waals surface area contributed by atoms with E-state index >= 15 is 0 Å².